The molecule has 4 heteroatoms. The van der Waals surface area contributed by atoms with Gasteiger partial charge in [0.1, 0.15) is 5.60 Å². The highest BCUT2D eigenvalue weighted by molar-refractivity contribution is 5.71. The standard InChI is InChI=1S/C10H18N2O2/c1-8(2)12-7-10(14-9(12)13)4-3-5-11-6-10/h8,11H,3-7H2,1-2H3. The summed E-state index contributed by atoms with van der Waals surface area (Å²) in [6, 6.07) is 0.240. The Bertz CT molecular complexity index is 234. The second kappa shape index (κ2) is 3.42. The van der Waals surface area contributed by atoms with E-state index in [0.717, 1.165) is 32.5 Å². The van der Waals surface area contributed by atoms with Gasteiger partial charge in [0, 0.05) is 12.6 Å². The van der Waals surface area contributed by atoms with Crippen LogP contribution >= 0.6 is 0 Å². The third kappa shape index (κ3) is 1.59. The number of hydrogen-bond acceptors (Lipinski definition) is 3. The van der Waals surface area contributed by atoms with Gasteiger partial charge in [0.25, 0.3) is 0 Å². The van der Waals surface area contributed by atoms with Crippen LogP contribution in [0.5, 0.6) is 0 Å². The summed E-state index contributed by atoms with van der Waals surface area (Å²) in [5, 5.41) is 3.29. The Hall–Kier alpha value is -0.770. The van der Waals surface area contributed by atoms with E-state index in [1.54, 1.807) is 0 Å². The summed E-state index contributed by atoms with van der Waals surface area (Å²) in [4.78, 5) is 13.4. The lowest BCUT2D eigenvalue weighted by Gasteiger charge is -2.31. The molecular weight excluding hydrogens is 180 g/mol. The van der Waals surface area contributed by atoms with Crippen LogP contribution in [0.4, 0.5) is 4.79 Å². The molecule has 2 aliphatic heterocycles. The van der Waals surface area contributed by atoms with Crippen LogP contribution in [-0.2, 0) is 4.74 Å². The molecule has 1 amide bonds. The third-order valence-corrected chi connectivity index (χ3v) is 3.05. The molecule has 2 aliphatic rings. The fourth-order valence-electron chi connectivity index (χ4n) is 2.21. The fraction of sp³-hybridized carbons (Fsp3) is 0.900. The van der Waals surface area contributed by atoms with Crippen molar-refractivity contribution in [3.63, 3.8) is 0 Å². The first-order chi connectivity index (χ1) is 6.63. The molecule has 2 rings (SSSR count). The van der Waals surface area contributed by atoms with Crippen LogP contribution in [0.15, 0.2) is 0 Å². The van der Waals surface area contributed by atoms with Gasteiger partial charge < -0.3 is 15.0 Å². The molecule has 0 aromatic carbocycles. The van der Waals surface area contributed by atoms with Crippen LogP contribution < -0.4 is 5.32 Å². The van der Waals surface area contributed by atoms with Gasteiger partial charge in [-0.15, -0.1) is 0 Å². The maximum Gasteiger partial charge on any atom is 0.410 e. The van der Waals surface area contributed by atoms with Gasteiger partial charge in [-0.25, -0.2) is 4.79 Å². The van der Waals surface area contributed by atoms with Crippen molar-refractivity contribution in [2.45, 2.75) is 38.3 Å². The van der Waals surface area contributed by atoms with Gasteiger partial charge in [0.05, 0.1) is 6.54 Å². The molecule has 0 aliphatic carbocycles. The molecule has 2 saturated heterocycles. The van der Waals surface area contributed by atoms with E-state index in [4.69, 9.17) is 4.74 Å². The predicted octanol–water partition coefficient (Wildman–Crippen LogP) is 0.969. The zero-order valence-corrected chi connectivity index (χ0v) is 8.88. The third-order valence-electron chi connectivity index (χ3n) is 3.05. The second-order valence-corrected chi connectivity index (χ2v) is 4.55. The Morgan fingerprint density at radius 1 is 1.57 bits per heavy atom. The minimum Gasteiger partial charge on any atom is -0.440 e. The maximum atomic E-state index is 11.6. The summed E-state index contributed by atoms with van der Waals surface area (Å²) in [5.74, 6) is 0. The zero-order valence-electron chi connectivity index (χ0n) is 8.88. The molecule has 0 bridgehead atoms. The SMILES string of the molecule is CC(C)N1CC2(CCCNC2)OC1=O. The van der Waals surface area contributed by atoms with Crippen molar-refractivity contribution in [2.24, 2.45) is 0 Å². The van der Waals surface area contributed by atoms with Crippen LogP contribution in [0.25, 0.3) is 0 Å². The molecule has 1 spiro atoms. The molecule has 2 fully saturated rings. The van der Waals surface area contributed by atoms with Gasteiger partial charge in [-0.1, -0.05) is 0 Å². The monoisotopic (exact) mass is 198 g/mol. The van der Waals surface area contributed by atoms with Crippen LogP contribution in [0.2, 0.25) is 0 Å². The predicted molar refractivity (Wildman–Crippen MR) is 53.2 cm³/mol. The zero-order chi connectivity index (χ0) is 10.2. The van der Waals surface area contributed by atoms with E-state index in [0.29, 0.717) is 0 Å². The Morgan fingerprint density at radius 3 is 2.86 bits per heavy atom. The Labute approximate surface area is 84.6 Å². The number of carbonyl (C=O) groups excluding carboxylic acids is 1. The number of rotatable bonds is 1. The number of hydrogen-bond donors (Lipinski definition) is 1. The molecule has 80 valence electrons. The smallest absolute Gasteiger partial charge is 0.410 e. The molecule has 1 atom stereocenters. The summed E-state index contributed by atoms with van der Waals surface area (Å²) in [5.41, 5.74) is -0.237. The van der Waals surface area contributed by atoms with Crippen molar-refractivity contribution in [1.29, 1.82) is 0 Å². The van der Waals surface area contributed by atoms with Gasteiger partial charge in [0.2, 0.25) is 0 Å². The Kier molecular flexibility index (Phi) is 2.39. The molecule has 1 N–H and O–H groups in total. The van der Waals surface area contributed by atoms with Gasteiger partial charge in [-0.05, 0) is 33.2 Å². The Balaban J connectivity index is 2.07. The average molecular weight is 198 g/mol. The van der Waals surface area contributed by atoms with E-state index in [9.17, 15) is 4.79 Å². The molecule has 4 nitrogen and oxygen atoms in total. The second-order valence-electron chi connectivity index (χ2n) is 4.55. The molecule has 2 heterocycles. The number of amides is 1. The number of ether oxygens (including phenoxy) is 1. The summed E-state index contributed by atoms with van der Waals surface area (Å²) < 4.78 is 5.49. The molecule has 1 unspecified atom stereocenters. The van der Waals surface area contributed by atoms with E-state index >= 15 is 0 Å². The molecule has 14 heavy (non-hydrogen) atoms. The van der Waals surface area contributed by atoms with Crippen molar-refractivity contribution >= 4 is 6.09 Å². The maximum absolute atomic E-state index is 11.6. The van der Waals surface area contributed by atoms with Crippen LogP contribution in [0, 0.1) is 0 Å². The van der Waals surface area contributed by atoms with Crippen molar-refractivity contribution in [3.8, 4) is 0 Å². The van der Waals surface area contributed by atoms with E-state index in [2.05, 4.69) is 5.32 Å². The van der Waals surface area contributed by atoms with Gasteiger partial charge in [0.15, 0.2) is 0 Å². The highest BCUT2D eigenvalue weighted by Crippen LogP contribution is 2.30. The molecule has 0 radical (unpaired) electrons. The lowest BCUT2D eigenvalue weighted by molar-refractivity contribution is 0.0366. The van der Waals surface area contributed by atoms with Crippen molar-refractivity contribution in [1.82, 2.24) is 10.2 Å². The first-order valence-electron chi connectivity index (χ1n) is 5.33. The fourth-order valence-corrected chi connectivity index (χ4v) is 2.21. The van der Waals surface area contributed by atoms with E-state index < -0.39 is 0 Å². The lowest BCUT2D eigenvalue weighted by atomic mass is 9.94. The number of piperidine rings is 1. The quantitative estimate of drug-likeness (QED) is 0.682. The molecular formula is C10H18N2O2. The summed E-state index contributed by atoms with van der Waals surface area (Å²) in [6.07, 6.45) is 1.94. The highest BCUT2D eigenvalue weighted by Gasteiger charge is 2.46. The summed E-state index contributed by atoms with van der Waals surface area (Å²) in [6.45, 7) is 6.65. The van der Waals surface area contributed by atoms with E-state index in [-0.39, 0.29) is 17.7 Å². The van der Waals surface area contributed by atoms with Crippen LogP contribution in [0.3, 0.4) is 0 Å². The average Bonchev–Trinajstić information content (AvgIpc) is 2.44. The minimum absolute atomic E-state index is 0.149. The lowest BCUT2D eigenvalue weighted by Crippen LogP contribution is -2.49. The highest BCUT2D eigenvalue weighted by atomic mass is 16.6. The molecule has 0 aromatic rings. The number of nitrogens with zero attached hydrogens (tertiary/aromatic N) is 1. The van der Waals surface area contributed by atoms with E-state index in [1.165, 1.54) is 0 Å². The van der Waals surface area contributed by atoms with Crippen LogP contribution in [0.1, 0.15) is 26.7 Å². The van der Waals surface area contributed by atoms with Crippen molar-refractivity contribution in [3.05, 3.63) is 0 Å². The number of nitrogens with one attached hydrogen (secondary N) is 1. The minimum atomic E-state index is -0.237. The van der Waals surface area contributed by atoms with Crippen molar-refractivity contribution in [2.75, 3.05) is 19.6 Å². The summed E-state index contributed by atoms with van der Waals surface area (Å²) >= 11 is 0. The normalized spacial score (nSPS) is 32.8. The summed E-state index contributed by atoms with van der Waals surface area (Å²) in [7, 11) is 0. The van der Waals surface area contributed by atoms with Crippen molar-refractivity contribution < 1.29 is 9.53 Å². The number of carbonyl (C=O) groups is 1. The van der Waals surface area contributed by atoms with Gasteiger partial charge in [-0.3, -0.25) is 0 Å². The van der Waals surface area contributed by atoms with Crippen LogP contribution in [-0.4, -0.2) is 42.3 Å². The molecule has 0 aromatic heterocycles. The van der Waals surface area contributed by atoms with Gasteiger partial charge in [-0.2, -0.15) is 0 Å². The first kappa shape index (κ1) is 9.77. The molecule has 0 saturated carbocycles. The van der Waals surface area contributed by atoms with E-state index in [1.807, 2.05) is 18.7 Å². The largest absolute Gasteiger partial charge is 0.440 e. The topological polar surface area (TPSA) is 41.6 Å². The first-order valence-corrected chi connectivity index (χ1v) is 5.33. The van der Waals surface area contributed by atoms with Gasteiger partial charge >= 0.3 is 6.09 Å². The Morgan fingerprint density at radius 2 is 2.36 bits per heavy atom.